The molecule has 3 nitrogen and oxygen atoms in total. The van der Waals surface area contributed by atoms with E-state index in [4.69, 9.17) is 23.2 Å². The van der Waals surface area contributed by atoms with Crippen LogP contribution in [0.3, 0.4) is 0 Å². The number of carbonyl (C=O) groups is 1. The summed E-state index contributed by atoms with van der Waals surface area (Å²) in [5.74, 6) is -1.54. The first-order chi connectivity index (χ1) is 9.06. The van der Waals surface area contributed by atoms with Crippen LogP contribution in [0.2, 0.25) is 10.2 Å². The number of carboxylic acid groups (broad SMARTS) is 1. The Morgan fingerprint density at radius 1 is 1.26 bits per heavy atom. The van der Waals surface area contributed by atoms with Crippen LogP contribution in [0.4, 0.5) is 0 Å². The SMILES string of the molecule is O=C(O)C(Cc1ccc(Cl)nc1)c1cccc(Cl)c1. The summed E-state index contributed by atoms with van der Waals surface area (Å²) in [5, 5.41) is 10.3. The molecular weight excluding hydrogens is 285 g/mol. The molecule has 1 heterocycles. The molecule has 0 aliphatic rings. The molecule has 0 saturated heterocycles. The Hall–Kier alpha value is -1.58. The Morgan fingerprint density at radius 3 is 2.63 bits per heavy atom. The third-order valence-corrected chi connectivity index (χ3v) is 3.24. The molecule has 2 rings (SSSR count). The van der Waals surface area contributed by atoms with E-state index in [1.165, 1.54) is 0 Å². The van der Waals surface area contributed by atoms with Gasteiger partial charge in [0.1, 0.15) is 5.15 Å². The van der Waals surface area contributed by atoms with E-state index in [1.54, 1.807) is 42.6 Å². The van der Waals surface area contributed by atoms with Crippen molar-refractivity contribution < 1.29 is 9.90 Å². The third-order valence-electron chi connectivity index (χ3n) is 2.78. The molecular formula is C14H11Cl2NO2. The van der Waals surface area contributed by atoms with Crippen molar-refractivity contribution in [1.82, 2.24) is 4.98 Å². The van der Waals surface area contributed by atoms with Gasteiger partial charge in [-0.05, 0) is 35.7 Å². The zero-order chi connectivity index (χ0) is 13.8. The van der Waals surface area contributed by atoms with Gasteiger partial charge in [-0.1, -0.05) is 41.4 Å². The second-order valence-corrected chi connectivity index (χ2v) is 4.96. The first kappa shape index (κ1) is 13.8. The number of aliphatic carboxylic acids is 1. The van der Waals surface area contributed by atoms with Gasteiger partial charge in [0.15, 0.2) is 0 Å². The third kappa shape index (κ3) is 3.69. The van der Waals surface area contributed by atoms with Crippen LogP contribution < -0.4 is 0 Å². The Kier molecular flexibility index (Phi) is 4.40. The van der Waals surface area contributed by atoms with Crippen LogP contribution in [0.5, 0.6) is 0 Å². The summed E-state index contributed by atoms with van der Waals surface area (Å²) in [6, 6.07) is 10.3. The predicted octanol–water partition coefficient (Wildman–Crippen LogP) is 3.80. The Labute approximate surface area is 120 Å². The quantitative estimate of drug-likeness (QED) is 0.873. The zero-order valence-corrected chi connectivity index (χ0v) is 11.4. The van der Waals surface area contributed by atoms with Gasteiger partial charge in [0, 0.05) is 11.2 Å². The molecule has 2 aromatic rings. The molecule has 0 aliphatic heterocycles. The van der Waals surface area contributed by atoms with Crippen molar-refractivity contribution in [1.29, 1.82) is 0 Å². The lowest BCUT2D eigenvalue weighted by molar-refractivity contribution is -0.138. The van der Waals surface area contributed by atoms with Crippen molar-refractivity contribution in [3.63, 3.8) is 0 Å². The van der Waals surface area contributed by atoms with Gasteiger partial charge < -0.3 is 5.11 Å². The van der Waals surface area contributed by atoms with Crippen LogP contribution in [0.25, 0.3) is 0 Å². The molecule has 0 radical (unpaired) electrons. The largest absolute Gasteiger partial charge is 0.481 e. The van der Waals surface area contributed by atoms with Crippen molar-refractivity contribution in [2.75, 3.05) is 0 Å². The Balaban J connectivity index is 2.26. The van der Waals surface area contributed by atoms with Crippen molar-refractivity contribution >= 4 is 29.2 Å². The molecule has 19 heavy (non-hydrogen) atoms. The van der Waals surface area contributed by atoms with Crippen LogP contribution in [0.1, 0.15) is 17.0 Å². The summed E-state index contributed by atoms with van der Waals surface area (Å²) in [7, 11) is 0. The lowest BCUT2D eigenvalue weighted by atomic mass is 9.93. The Bertz CT molecular complexity index is 584. The van der Waals surface area contributed by atoms with E-state index >= 15 is 0 Å². The highest BCUT2D eigenvalue weighted by Crippen LogP contribution is 2.24. The van der Waals surface area contributed by atoms with Crippen LogP contribution >= 0.6 is 23.2 Å². The number of nitrogens with zero attached hydrogens (tertiary/aromatic N) is 1. The minimum Gasteiger partial charge on any atom is -0.481 e. The first-order valence-electron chi connectivity index (χ1n) is 5.65. The van der Waals surface area contributed by atoms with Gasteiger partial charge in [0.25, 0.3) is 0 Å². The maximum Gasteiger partial charge on any atom is 0.311 e. The number of rotatable bonds is 4. The summed E-state index contributed by atoms with van der Waals surface area (Å²) >= 11 is 11.6. The number of hydrogen-bond acceptors (Lipinski definition) is 2. The van der Waals surface area contributed by atoms with E-state index in [0.717, 1.165) is 5.56 Å². The number of pyridine rings is 1. The van der Waals surface area contributed by atoms with Gasteiger partial charge in [-0.15, -0.1) is 0 Å². The monoisotopic (exact) mass is 295 g/mol. The lowest BCUT2D eigenvalue weighted by Gasteiger charge is -2.13. The summed E-state index contributed by atoms with van der Waals surface area (Å²) in [6.45, 7) is 0. The highest BCUT2D eigenvalue weighted by atomic mass is 35.5. The predicted molar refractivity (Wildman–Crippen MR) is 74.8 cm³/mol. The minimum atomic E-state index is -0.891. The van der Waals surface area contributed by atoms with Gasteiger partial charge >= 0.3 is 5.97 Å². The molecule has 0 aliphatic carbocycles. The molecule has 1 N–H and O–H groups in total. The van der Waals surface area contributed by atoms with Crippen LogP contribution in [0.15, 0.2) is 42.6 Å². The van der Waals surface area contributed by atoms with Crippen LogP contribution in [-0.2, 0) is 11.2 Å². The topological polar surface area (TPSA) is 50.2 Å². The second-order valence-electron chi connectivity index (χ2n) is 4.14. The van der Waals surface area contributed by atoms with Gasteiger partial charge in [0.05, 0.1) is 5.92 Å². The standard InChI is InChI=1S/C14H11Cl2NO2/c15-11-3-1-2-10(7-11)12(14(18)19)6-9-4-5-13(16)17-8-9/h1-5,7-8,12H,6H2,(H,18,19). The summed E-state index contributed by atoms with van der Waals surface area (Å²) in [5.41, 5.74) is 1.49. The second kappa shape index (κ2) is 6.04. The van der Waals surface area contributed by atoms with E-state index in [2.05, 4.69) is 4.98 Å². The summed E-state index contributed by atoms with van der Waals surface area (Å²) < 4.78 is 0. The smallest absolute Gasteiger partial charge is 0.311 e. The molecule has 1 aromatic carbocycles. The van der Waals surface area contributed by atoms with Crippen molar-refractivity contribution in [3.05, 3.63) is 63.9 Å². The lowest BCUT2D eigenvalue weighted by Crippen LogP contribution is -2.14. The fourth-order valence-corrected chi connectivity index (χ4v) is 2.14. The molecule has 1 atom stereocenters. The zero-order valence-electron chi connectivity index (χ0n) is 9.88. The maximum absolute atomic E-state index is 11.4. The number of benzene rings is 1. The van der Waals surface area contributed by atoms with Crippen molar-refractivity contribution in [2.45, 2.75) is 12.3 Å². The number of carboxylic acids is 1. The highest BCUT2D eigenvalue weighted by molar-refractivity contribution is 6.30. The number of aromatic nitrogens is 1. The fraction of sp³-hybridized carbons (Fsp3) is 0.143. The first-order valence-corrected chi connectivity index (χ1v) is 6.40. The van der Waals surface area contributed by atoms with Gasteiger partial charge in [0.2, 0.25) is 0 Å². The fourth-order valence-electron chi connectivity index (χ4n) is 1.83. The van der Waals surface area contributed by atoms with Crippen LogP contribution in [0, 0.1) is 0 Å². The number of halogens is 2. The van der Waals surface area contributed by atoms with E-state index in [9.17, 15) is 9.90 Å². The van der Waals surface area contributed by atoms with E-state index in [0.29, 0.717) is 22.2 Å². The molecule has 0 spiro atoms. The molecule has 98 valence electrons. The van der Waals surface area contributed by atoms with E-state index in [-0.39, 0.29) is 0 Å². The van der Waals surface area contributed by atoms with Crippen LogP contribution in [-0.4, -0.2) is 16.1 Å². The molecule has 0 amide bonds. The number of hydrogen-bond donors (Lipinski definition) is 1. The van der Waals surface area contributed by atoms with E-state index < -0.39 is 11.9 Å². The minimum absolute atomic E-state index is 0.347. The average Bonchev–Trinajstić information content (AvgIpc) is 2.37. The molecule has 5 heteroatoms. The maximum atomic E-state index is 11.4. The van der Waals surface area contributed by atoms with Gasteiger partial charge in [-0.3, -0.25) is 4.79 Å². The Morgan fingerprint density at radius 2 is 2.05 bits per heavy atom. The summed E-state index contributed by atoms with van der Waals surface area (Å²) in [4.78, 5) is 15.3. The van der Waals surface area contributed by atoms with Crippen molar-refractivity contribution in [2.24, 2.45) is 0 Å². The highest BCUT2D eigenvalue weighted by Gasteiger charge is 2.20. The van der Waals surface area contributed by atoms with Gasteiger partial charge in [-0.25, -0.2) is 4.98 Å². The average molecular weight is 296 g/mol. The summed E-state index contributed by atoms with van der Waals surface area (Å²) in [6.07, 6.45) is 1.93. The molecule has 0 fully saturated rings. The molecule has 1 unspecified atom stereocenters. The molecule has 0 bridgehead atoms. The van der Waals surface area contributed by atoms with E-state index in [1.807, 2.05) is 0 Å². The van der Waals surface area contributed by atoms with Gasteiger partial charge in [-0.2, -0.15) is 0 Å². The molecule has 1 aromatic heterocycles. The van der Waals surface area contributed by atoms with Crippen molar-refractivity contribution in [3.8, 4) is 0 Å². The normalized spacial score (nSPS) is 12.1. The molecule has 0 saturated carbocycles.